The Labute approximate surface area is 193 Å². The second-order valence-electron chi connectivity index (χ2n) is 7.86. The van der Waals surface area contributed by atoms with E-state index in [0.717, 1.165) is 38.6 Å². The number of benzene rings is 2. The van der Waals surface area contributed by atoms with E-state index in [9.17, 15) is 4.79 Å². The number of carbonyl (C=O) groups is 1. The lowest BCUT2D eigenvalue weighted by Gasteiger charge is -2.27. The molecule has 1 aliphatic rings. The highest BCUT2D eigenvalue weighted by molar-refractivity contribution is 8.00. The molecule has 158 valence electrons. The van der Waals surface area contributed by atoms with Crippen LogP contribution >= 0.6 is 23.1 Å². The summed E-state index contributed by atoms with van der Waals surface area (Å²) in [4.78, 5) is 29.6. The molecule has 2 aromatic carbocycles. The lowest BCUT2D eigenvalue weighted by atomic mass is 10.0. The molecule has 32 heavy (non-hydrogen) atoms. The molecule has 5 aromatic rings. The summed E-state index contributed by atoms with van der Waals surface area (Å²) in [6, 6.07) is 20.8. The normalized spacial score (nSPS) is 13.6. The van der Waals surface area contributed by atoms with Gasteiger partial charge in [0.05, 0.1) is 5.75 Å². The van der Waals surface area contributed by atoms with Crippen molar-refractivity contribution in [1.82, 2.24) is 19.9 Å². The van der Waals surface area contributed by atoms with Crippen LogP contribution in [0, 0.1) is 0 Å². The number of para-hydroxylation sites is 1. The summed E-state index contributed by atoms with van der Waals surface area (Å²) in [7, 11) is 0. The van der Waals surface area contributed by atoms with Crippen LogP contribution in [0.3, 0.4) is 0 Å². The van der Waals surface area contributed by atoms with Crippen LogP contribution in [0.1, 0.15) is 11.3 Å². The van der Waals surface area contributed by atoms with E-state index in [-0.39, 0.29) is 5.91 Å². The second-order valence-corrected chi connectivity index (χ2v) is 9.85. The van der Waals surface area contributed by atoms with Crippen LogP contribution < -0.4 is 0 Å². The Kier molecular flexibility index (Phi) is 4.92. The van der Waals surface area contributed by atoms with E-state index < -0.39 is 0 Å². The standard InChI is InChI=1S/C25H20N4OS2/c30-23(29-11-10-21-19(13-29)17-8-4-5-9-20(17)28-21)14-31-24-18-12-22(16-6-2-1-3-7-16)32-25(18)27-15-26-24/h1-9,12,15,28H,10-11,13-14H2. The summed E-state index contributed by atoms with van der Waals surface area (Å²) in [5, 5.41) is 3.11. The Bertz CT molecular complexity index is 1440. The number of hydrogen-bond donors (Lipinski definition) is 1. The molecular weight excluding hydrogens is 436 g/mol. The second kappa shape index (κ2) is 8.07. The number of hydrogen-bond acceptors (Lipinski definition) is 5. The predicted octanol–water partition coefficient (Wildman–Crippen LogP) is 5.52. The molecule has 0 spiro atoms. The van der Waals surface area contributed by atoms with Crippen LogP contribution in [0.4, 0.5) is 0 Å². The Balaban J connectivity index is 1.20. The van der Waals surface area contributed by atoms with Crippen LogP contribution in [0.15, 0.2) is 72.0 Å². The molecule has 4 heterocycles. The molecule has 0 radical (unpaired) electrons. The third-order valence-corrected chi connectivity index (χ3v) is 8.00. The van der Waals surface area contributed by atoms with Crippen LogP contribution in [0.25, 0.3) is 31.6 Å². The van der Waals surface area contributed by atoms with Gasteiger partial charge in [-0.3, -0.25) is 4.79 Å². The van der Waals surface area contributed by atoms with Gasteiger partial charge in [0.1, 0.15) is 16.2 Å². The summed E-state index contributed by atoms with van der Waals surface area (Å²) in [5.41, 5.74) is 4.83. The van der Waals surface area contributed by atoms with Crippen molar-refractivity contribution in [3.05, 3.63) is 78.2 Å². The van der Waals surface area contributed by atoms with E-state index in [1.54, 1.807) is 17.7 Å². The Hall–Kier alpha value is -3.16. The molecule has 1 amide bonds. The number of amides is 1. The molecule has 0 atom stereocenters. The van der Waals surface area contributed by atoms with Crippen molar-refractivity contribution in [2.24, 2.45) is 0 Å². The highest BCUT2D eigenvalue weighted by Gasteiger charge is 2.24. The van der Waals surface area contributed by atoms with Crippen LogP contribution in [-0.2, 0) is 17.8 Å². The molecule has 3 aromatic heterocycles. The third kappa shape index (κ3) is 3.47. The van der Waals surface area contributed by atoms with Gasteiger partial charge in [-0.1, -0.05) is 60.3 Å². The number of nitrogens with one attached hydrogen (secondary N) is 1. The topological polar surface area (TPSA) is 61.9 Å². The average Bonchev–Trinajstić information content (AvgIpc) is 3.44. The largest absolute Gasteiger partial charge is 0.358 e. The number of rotatable bonds is 4. The number of carbonyl (C=O) groups excluding carboxylic acids is 1. The average molecular weight is 457 g/mol. The number of thioether (sulfide) groups is 1. The van der Waals surface area contributed by atoms with Gasteiger partial charge in [0.15, 0.2) is 0 Å². The van der Waals surface area contributed by atoms with Crippen molar-refractivity contribution in [3.8, 4) is 10.4 Å². The number of thiophene rings is 1. The van der Waals surface area contributed by atoms with Gasteiger partial charge in [0, 0.05) is 51.9 Å². The third-order valence-electron chi connectivity index (χ3n) is 5.92. The van der Waals surface area contributed by atoms with E-state index in [2.05, 4.69) is 51.4 Å². The van der Waals surface area contributed by atoms with Gasteiger partial charge in [0.2, 0.25) is 5.91 Å². The molecule has 0 bridgehead atoms. The highest BCUT2D eigenvalue weighted by Crippen LogP contribution is 2.36. The minimum Gasteiger partial charge on any atom is -0.358 e. The molecule has 1 aliphatic heterocycles. The number of H-pyrrole nitrogens is 1. The van der Waals surface area contributed by atoms with Crippen molar-refractivity contribution >= 4 is 50.1 Å². The minimum atomic E-state index is 0.149. The minimum absolute atomic E-state index is 0.149. The van der Waals surface area contributed by atoms with Crippen LogP contribution in [0.2, 0.25) is 0 Å². The molecule has 1 N–H and O–H groups in total. The highest BCUT2D eigenvalue weighted by atomic mass is 32.2. The molecular formula is C25H20N4OS2. The molecule has 0 saturated heterocycles. The Morgan fingerprint density at radius 1 is 1.06 bits per heavy atom. The summed E-state index contributed by atoms with van der Waals surface area (Å²) < 4.78 is 0. The molecule has 0 aliphatic carbocycles. The predicted molar refractivity (Wildman–Crippen MR) is 131 cm³/mol. The van der Waals surface area contributed by atoms with Gasteiger partial charge >= 0.3 is 0 Å². The summed E-state index contributed by atoms with van der Waals surface area (Å²) in [6.45, 7) is 1.41. The van der Waals surface area contributed by atoms with Crippen molar-refractivity contribution in [2.75, 3.05) is 12.3 Å². The fourth-order valence-corrected chi connectivity index (χ4v) is 6.24. The van der Waals surface area contributed by atoms with Gasteiger partial charge in [-0.15, -0.1) is 11.3 Å². The zero-order chi connectivity index (χ0) is 21.5. The van der Waals surface area contributed by atoms with Gasteiger partial charge in [-0.25, -0.2) is 9.97 Å². The van der Waals surface area contributed by atoms with Gasteiger partial charge in [0.25, 0.3) is 0 Å². The maximum atomic E-state index is 13.1. The Morgan fingerprint density at radius 3 is 2.81 bits per heavy atom. The summed E-state index contributed by atoms with van der Waals surface area (Å²) >= 11 is 3.16. The summed E-state index contributed by atoms with van der Waals surface area (Å²) in [5.74, 6) is 0.525. The maximum Gasteiger partial charge on any atom is 0.233 e. The first-order valence-electron chi connectivity index (χ1n) is 10.6. The van der Waals surface area contributed by atoms with Crippen molar-refractivity contribution in [2.45, 2.75) is 18.0 Å². The fraction of sp³-hybridized carbons (Fsp3) is 0.160. The molecule has 7 heteroatoms. The number of fused-ring (bicyclic) bond motifs is 4. The molecule has 0 unspecified atom stereocenters. The Morgan fingerprint density at radius 2 is 1.91 bits per heavy atom. The summed E-state index contributed by atoms with van der Waals surface area (Å²) in [6.07, 6.45) is 2.46. The van der Waals surface area contributed by atoms with Gasteiger partial charge in [-0.05, 0) is 17.7 Å². The SMILES string of the molecule is O=C(CSc1ncnc2sc(-c3ccccc3)cc12)N1CCc2[nH]c3ccccc3c2C1. The van der Waals surface area contributed by atoms with Gasteiger partial charge in [-0.2, -0.15) is 0 Å². The fourth-order valence-electron chi connectivity index (χ4n) is 4.29. The maximum absolute atomic E-state index is 13.1. The molecule has 5 nitrogen and oxygen atoms in total. The number of aromatic amines is 1. The molecule has 0 saturated carbocycles. The van der Waals surface area contributed by atoms with Crippen molar-refractivity contribution in [3.63, 3.8) is 0 Å². The zero-order valence-electron chi connectivity index (χ0n) is 17.2. The smallest absolute Gasteiger partial charge is 0.233 e. The number of aromatic nitrogens is 3. The van der Waals surface area contributed by atoms with Crippen LogP contribution in [0.5, 0.6) is 0 Å². The monoisotopic (exact) mass is 456 g/mol. The van der Waals surface area contributed by atoms with Crippen LogP contribution in [-0.4, -0.2) is 38.1 Å². The van der Waals surface area contributed by atoms with Crippen molar-refractivity contribution < 1.29 is 4.79 Å². The van der Waals surface area contributed by atoms with E-state index >= 15 is 0 Å². The van der Waals surface area contributed by atoms with E-state index in [4.69, 9.17) is 0 Å². The molecule has 6 rings (SSSR count). The first-order valence-corrected chi connectivity index (χ1v) is 12.4. The lowest BCUT2D eigenvalue weighted by molar-refractivity contribution is -0.129. The quantitative estimate of drug-likeness (QED) is 0.286. The first-order chi connectivity index (χ1) is 15.8. The number of nitrogens with zero attached hydrogens (tertiary/aromatic N) is 3. The lowest BCUT2D eigenvalue weighted by Crippen LogP contribution is -2.36. The zero-order valence-corrected chi connectivity index (χ0v) is 18.9. The molecule has 0 fully saturated rings. The van der Waals surface area contributed by atoms with Crippen molar-refractivity contribution in [1.29, 1.82) is 0 Å². The van der Waals surface area contributed by atoms with E-state index in [1.165, 1.54) is 34.0 Å². The van der Waals surface area contributed by atoms with E-state index in [1.807, 2.05) is 29.2 Å². The first kappa shape index (κ1) is 19.5. The van der Waals surface area contributed by atoms with E-state index in [0.29, 0.717) is 12.3 Å². The van der Waals surface area contributed by atoms with Gasteiger partial charge < -0.3 is 9.88 Å².